The number of aliphatic hydroxyl groups excluding tert-OH is 1. The average molecular weight is 1280 g/mol. The molecular formula is C68H132O17P2. The minimum absolute atomic E-state index is 0.106. The molecule has 0 aromatic heterocycles. The summed E-state index contributed by atoms with van der Waals surface area (Å²) in [6.07, 6.45) is 44.5. The van der Waals surface area contributed by atoms with Gasteiger partial charge in [-0.2, -0.15) is 0 Å². The molecule has 516 valence electrons. The van der Waals surface area contributed by atoms with Gasteiger partial charge in [0.2, 0.25) is 0 Å². The Morgan fingerprint density at radius 1 is 0.333 bits per heavy atom. The highest BCUT2D eigenvalue weighted by Gasteiger charge is 2.30. The molecule has 87 heavy (non-hydrogen) atoms. The van der Waals surface area contributed by atoms with Crippen molar-refractivity contribution in [2.24, 2.45) is 11.8 Å². The second-order valence-electron chi connectivity index (χ2n) is 25.3. The minimum atomic E-state index is -4.95. The van der Waals surface area contributed by atoms with Crippen LogP contribution in [-0.4, -0.2) is 96.7 Å². The first-order valence-corrected chi connectivity index (χ1v) is 38.5. The predicted molar refractivity (Wildman–Crippen MR) is 349 cm³/mol. The second kappa shape index (κ2) is 60.3. The monoisotopic (exact) mass is 1280 g/mol. The van der Waals surface area contributed by atoms with E-state index in [1.165, 1.54) is 148 Å². The number of phosphoric ester groups is 2. The van der Waals surface area contributed by atoms with Crippen LogP contribution in [0.4, 0.5) is 0 Å². The van der Waals surface area contributed by atoms with E-state index in [0.717, 1.165) is 115 Å². The van der Waals surface area contributed by atoms with Crippen molar-refractivity contribution in [3.05, 3.63) is 0 Å². The van der Waals surface area contributed by atoms with Crippen molar-refractivity contribution in [2.75, 3.05) is 39.6 Å². The number of rotatable bonds is 67. The summed E-state index contributed by atoms with van der Waals surface area (Å²) in [5.41, 5.74) is 0. The number of esters is 4. The number of unbranched alkanes of at least 4 members (excludes halogenated alkanes) is 36. The minimum Gasteiger partial charge on any atom is -0.462 e. The van der Waals surface area contributed by atoms with Gasteiger partial charge in [0.25, 0.3) is 0 Å². The van der Waals surface area contributed by atoms with Crippen LogP contribution in [-0.2, 0) is 65.4 Å². The SMILES string of the molecule is CCCCCCCCCCCCCC(=O)O[C@H](COC(=O)CCCCCCCCC)COP(=O)(O)OC[C@H](O)COP(=O)(O)OC[C@@H](COC(=O)CCCCCCCCCCC(C)C)OC(=O)CCCCCCCCCCCCCCCCC(C)CC. The van der Waals surface area contributed by atoms with Crippen LogP contribution in [0.2, 0.25) is 0 Å². The Kier molecular flexibility index (Phi) is 59.0. The summed E-state index contributed by atoms with van der Waals surface area (Å²) in [6, 6.07) is 0. The molecule has 0 rings (SSSR count). The second-order valence-corrected chi connectivity index (χ2v) is 28.2. The van der Waals surface area contributed by atoms with E-state index in [4.69, 9.17) is 37.0 Å². The quantitative estimate of drug-likeness (QED) is 0.0222. The molecule has 0 radical (unpaired) electrons. The zero-order chi connectivity index (χ0) is 64.3. The molecule has 0 aliphatic heterocycles. The Labute approximate surface area is 530 Å². The molecule has 3 N–H and O–H groups in total. The fourth-order valence-corrected chi connectivity index (χ4v) is 11.8. The highest BCUT2D eigenvalue weighted by molar-refractivity contribution is 7.47. The van der Waals surface area contributed by atoms with Gasteiger partial charge in [0, 0.05) is 25.7 Å². The molecule has 0 aromatic rings. The van der Waals surface area contributed by atoms with Gasteiger partial charge in [0.1, 0.15) is 19.3 Å². The molecule has 0 fully saturated rings. The Balaban J connectivity index is 5.18. The van der Waals surface area contributed by atoms with Gasteiger partial charge in [-0.05, 0) is 37.5 Å². The van der Waals surface area contributed by atoms with E-state index in [9.17, 15) is 43.2 Å². The highest BCUT2D eigenvalue weighted by atomic mass is 31.2. The lowest BCUT2D eigenvalue weighted by Crippen LogP contribution is -2.30. The Morgan fingerprint density at radius 3 is 0.874 bits per heavy atom. The summed E-state index contributed by atoms with van der Waals surface area (Å²) in [7, 11) is -9.89. The zero-order valence-corrected chi connectivity index (χ0v) is 58.1. The van der Waals surface area contributed by atoms with Crippen LogP contribution in [0.5, 0.6) is 0 Å². The fraction of sp³-hybridized carbons (Fsp3) is 0.941. The lowest BCUT2D eigenvalue weighted by molar-refractivity contribution is -0.161. The van der Waals surface area contributed by atoms with Gasteiger partial charge in [-0.15, -0.1) is 0 Å². The van der Waals surface area contributed by atoms with Crippen LogP contribution < -0.4 is 0 Å². The van der Waals surface area contributed by atoms with Crippen LogP contribution in [0, 0.1) is 11.8 Å². The van der Waals surface area contributed by atoms with E-state index >= 15 is 0 Å². The van der Waals surface area contributed by atoms with E-state index in [-0.39, 0.29) is 25.7 Å². The van der Waals surface area contributed by atoms with Crippen LogP contribution in [0.15, 0.2) is 0 Å². The van der Waals surface area contributed by atoms with Crippen molar-refractivity contribution in [3.63, 3.8) is 0 Å². The van der Waals surface area contributed by atoms with Gasteiger partial charge in [-0.1, -0.05) is 292 Å². The Bertz CT molecular complexity index is 1700. The average Bonchev–Trinajstić information content (AvgIpc) is 3.68. The zero-order valence-electron chi connectivity index (χ0n) is 56.3. The molecule has 0 aliphatic carbocycles. The number of aliphatic hydroxyl groups is 1. The normalized spacial score (nSPS) is 14.5. The number of phosphoric acid groups is 2. The molecule has 0 saturated heterocycles. The number of carbonyl (C=O) groups excluding carboxylic acids is 4. The van der Waals surface area contributed by atoms with Crippen LogP contribution in [0.1, 0.15) is 343 Å². The predicted octanol–water partition coefficient (Wildman–Crippen LogP) is 19.2. The summed E-state index contributed by atoms with van der Waals surface area (Å²) in [6.45, 7) is 9.51. The number of hydrogen-bond donors (Lipinski definition) is 3. The molecule has 0 heterocycles. The molecular weight excluding hydrogens is 1150 g/mol. The first-order valence-electron chi connectivity index (χ1n) is 35.5. The summed E-state index contributed by atoms with van der Waals surface area (Å²) in [5.74, 6) is -0.560. The lowest BCUT2D eigenvalue weighted by Gasteiger charge is -2.21. The number of ether oxygens (including phenoxy) is 4. The van der Waals surface area contributed by atoms with Gasteiger partial charge < -0.3 is 33.8 Å². The van der Waals surface area contributed by atoms with Crippen molar-refractivity contribution in [1.82, 2.24) is 0 Å². The molecule has 19 heteroatoms. The smallest absolute Gasteiger partial charge is 0.462 e. The van der Waals surface area contributed by atoms with Gasteiger partial charge in [-0.25, -0.2) is 9.13 Å². The number of hydrogen-bond acceptors (Lipinski definition) is 15. The van der Waals surface area contributed by atoms with Gasteiger partial charge in [0.05, 0.1) is 26.4 Å². The van der Waals surface area contributed by atoms with Gasteiger partial charge >= 0.3 is 39.5 Å². The third-order valence-electron chi connectivity index (χ3n) is 16.1. The standard InChI is InChI=1S/C68H132O17P2/c1-7-10-12-14-16-17-22-26-34-40-46-52-67(72)84-63(56-78-65(70)50-44-38-30-15-13-11-8-2)58-82-86(74,75)80-54-62(69)55-81-87(76,77)83-59-64(57-79-66(71)51-45-39-33-29-28-31-36-42-48-60(4)5)85-68(73)53-47-41-35-27-24-21-19-18-20-23-25-32-37-43-49-61(6)9-3/h60-64,69H,7-59H2,1-6H3,(H,74,75)(H,76,77)/t61?,62-,63+,64+/m0/s1. The van der Waals surface area contributed by atoms with E-state index in [2.05, 4.69) is 41.5 Å². The molecule has 6 atom stereocenters. The van der Waals surface area contributed by atoms with Crippen molar-refractivity contribution in [1.29, 1.82) is 0 Å². The molecule has 0 saturated carbocycles. The van der Waals surface area contributed by atoms with Crippen molar-refractivity contribution < 1.29 is 80.2 Å². The summed E-state index contributed by atoms with van der Waals surface area (Å²) in [4.78, 5) is 72.3. The summed E-state index contributed by atoms with van der Waals surface area (Å²) in [5, 5.41) is 10.6. The van der Waals surface area contributed by atoms with E-state index < -0.39 is 97.5 Å². The van der Waals surface area contributed by atoms with E-state index in [0.29, 0.717) is 25.7 Å². The molecule has 0 aliphatic rings. The maximum absolute atomic E-state index is 13.0. The molecule has 3 unspecified atom stereocenters. The largest absolute Gasteiger partial charge is 0.472 e. The Hall–Kier alpha value is -1.94. The highest BCUT2D eigenvalue weighted by Crippen LogP contribution is 2.45. The van der Waals surface area contributed by atoms with E-state index in [1.807, 2.05) is 0 Å². The Morgan fingerprint density at radius 2 is 0.586 bits per heavy atom. The lowest BCUT2D eigenvalue weighted by atomic mass is 9.99. The van der Waals surface area contributed by atoms with E-state index in [1.54, 1.807) is 0 Å². The van der Waals surface area contributed by atoms with Crippen LogP contribution in [0.25, 0.3) is 0 Å². The number of carbonyl (C=O) groups is 4. The van der Waals surface area contributed by atoms with Gasteiger partial charge in [-0.3, -0.25) is 37.3 Å². The molecule has 0 aromatic carbocycles. The molecule has 0 spiro atoms. The molecule has 17 nitrogen and oxygen atoms in total. The molecule has 0 amide bonds. The third kappa shape index (κ3) is 61.3. The fourth-order valence-electron chi connectivity index (χ4n) is 10.2. The van der Waals surface area contributed by atoms with Crippen molar-refractivity contribution in [3.8, 4) is 0 Å². The van der Waals surface area contributed by atoms with Crippen LogP contribution >= 0.6 is 15.6 Å². The molecule has 0 bridgehead atoms. The maximum atomic E-state index is 13.0. The van der Waals surface area contributed by atoms with Gasteiger partial charge in [0.15, 0.2) is 12.2 Å². The summed E-state index contributed by atoms with van der Waals surface area (Å²) < 4.78 is 68.1. The first kappa shape index (κ1) is 85.1. The maximum Gasteiger partial charge on any atom is 0.472 e. The van der Waals surface area contributed by atoms with Crippen LogP contribution in [0.3, 0.4) is 0 Å². The topological polar surface area (TPSA) is 237 Å². The van der Waals surface area contributed by atoms with Crippen molar-refractivity contribution >= 4 is 39.5 Å². The summed E-state index contributed by atoms with van der Waals surface area (Å²) >= 11 is 0. The van der Waals surface area contributed by atoms with Crippen molar-refractivity contribution in [2.45, 2.75) is 362 Å². The third-order valence-corrected chi connectivity index (χ3v) is 18.0. The first-order chi connectivity index (χ1) is 41.9.